The van der Waals surface area contributed by atoms with Crippen LogP contribution in [-0.2, 0) is 9.53 Å². The van der Waals surface area contributed by atoms with Crippen LogP contribution >= 0.6 is 12.2 Å². The predicted octanol–water partition coefficient (Wildman–Crippen LogP) is 3.16. The van der Waals surface area contributed by atoms with Gasteiger partial charge in [-0.3, -0.25) is 4.79 Å². The highest BCUT2D eigenvalue weighted by Crippen LogP contribution is 2.34. The summed E-state index contributed by atoms with van der Waals surface area (Å²) in [7, 11) is 1.55. The standard InChI is InChI=1S/C24H21N5O4S/c1-3-33-24(31)20-19(14-28(27-20)15-7-5-4-6-8-15)21-26-22(30)18(13-25)23(34)29(21)16-9-11-17(32-2)12-10-16/h4-12,14,18,21H,3H2,1-2H3,(H,26,30). The lowest BCUT2D eigenvalue weighted by Crippen LogP contribution is -2.55. The van der Waals surface area contributed by atoms with Crippen LogP contribution in [0.2, 0.25) is 0 Å². The van der Waals surface area contributed by atoms with Gasteiger partial charge in [0, 0.05) is 17.4 Å². The fourth-order valence-electron chi connectivity index (χ4n) is 3.67. The molecule has 2 atom stereocenters. The fourth-order valence-corrected chi connectivity index (χ4v) is 4.04. The zero-order valence-corrected chi connectivity index (χ0v) is 19.3. The third kappa shape index (κ3) is 4.21. The lowest BCUT2D eigenvalue weighted by molar-refractivity contribution is -0.123. The Kier molecular flexibility index (Phi) is 6.56. The van der Waals surface area contributed by atoms with Gasteiger partial charge in [0.15, 0.2) is 11.6 Å². The van der Waals surface area contributed by atoms with Crippen molar-refractivity contribution in [3.8, 4) is 17.5 Å². The number of nitrogens with zero attached hydrogens (tertiary/aromatic N) is 4. The van der Waals surface area contributed by atoms with Gasteiger partial charge < -0.3 is 19.7 Å². The first kappa shape index (κ1) is 22.9. The first-order valence-electron chi connectivity index (χ1n) is 10.5. The highest BCUT2D eigenvalue weighted by molar-refractivity contribution is 7.80. The molecular weight excluding hydrogens is 454 g/mol. The van der Waals surface area contributed by atoms with Crippen LogP contribution < -0.4 is 15.0 Å². The molecule has 1 amide bonds. The Labute approximate surface area is 201 Å². The number of ether oxygens (including phenoxy) is 2. The number of carbonyl (C=O) groups is 2. The van der Waals surface area contributed by atoms with E-state index >= 15 is 0 Å². The van der Waals surface area contributed by atoms with Crippen molar-refractivity contribution in [2.24, 2.45) is 5.92 Å². The molecule has 1 aliphatic rings. The molecule has 1 N–H and O–H groups in total. The van der Waals surface area contributed by atoms with Crippen molar-refractivity contribution in [1.29, 1.82) is 5.26 Å². The number of methoxy groups -OCH3 is 1. The molecule has 1 saturated heterocycles. The quantitative estimate of drug-likeness (QED) is 0.428. The second kappa shape index (κ2) is 9.72. The number of nitriles is 1. The number of amides is 1. The number of rotatable bonds is 6. The van der Waals surface area contributed by atoms with Gasteiger partial charge in [-0.25, -0.2) is 9.48 Å². The van der Waals surface area contributed by atoms with Gasteiger partial charge in [0.1, 0.15) is 16.9 Å². The van der Waals surface area contributed by atoms with Gasteiger partial charge in [0.25, 0.3) is 0 Å². The number of para-hydroxylation sites is 1. The van der Waals surface area contributed by atoms with E-state index in [9.17, 15) is 14.9 Å². The average Bonchev–Trinajstić information content (AvgIpc) is 3.30. The highest BCUT2D eigenvalue weighted by Gasteiger charge is 2.42. The van der Waals surface area contributed by atoms with Gasteiger partial charge in [-0.05, 0) is 43.3 Å². The van der Waals surface area contributed by atoms with Crippen LogP contribution in [0.1, 0.15) is 29.1 Å². The summed E-state index contributed by atoms with van der Waals surface area (Å²) in [6, 6.07) is 18.2. The van der Waals surface area contributed by atoms with Gasteiger partial charge in [0.2, 0.25) is 5.91 Å². The molecule has 1 fully saturated rings. The van der Waals surface area contributed by atoms with Crippen LogP contribution in [0.3, 0.4) is 0 Å². The van der Waals surface area contributed by atoms with Gasteiger partial charge in [-0.2, -0.15) is 10.4 Å². The minimum Gasteiger partial charge on any atom is -0.497 e. The van der Waals surface area contributed by atoms with Crippen LogP contribution in [0.4, 0.5) is 5.69 Å². The number of benzene rings is 2. The number of carbonyl (C=O) groups excluding carboxylic acids is 2. The molecule has 0 spiro atoms. The number of hydrogen-bond acceptors (Lipinski definition) is 7. The number of aromatic nitrogens is 2. The minimum absolute atomic E-state index is 0.0349. The monoisotopic (exact) mass is 475 g/mol. The first-order chi connectivity index (χ1) is 16.5. The van der Waals surface area contributed by atoms with Crippen molar-refractivity contribution < 1.29 is 19.1 Å². The van der Waals surface area contributed by atoms with Crippen molar-refractivity contribution >= 4 is 34.8 Å². The van der Waals surface area contributed by atoms with Crippen molar-refractivity contribution in [2.45, 2.75) is 13.1 Å². The second-order valence-corrected chi connectivity index (χ2v) is 7.73. The number of thiocarbonyl (C=S) groups is 1. The third-order valence-corrected chi connectivity index (χ3v) is 5.72. The van der Waals surface area contributed by atoms with E-state index in [1.54, 1.807) is 54.1 Å². The molecule has 34 heavy (non-hydrogen) atoms. The number of anilines is 1. The van der Waals surface area contributed by atoms with E-state index in [-0.39, 0.29) is 17.3 Å². The summed E-state index contributed by atoms with van der Waals surface area (Å²) >= 11 is 5.57. The first-order valence-corrected chi connectivity index (χ1v) is 10.9. The van der Waals surface area contributed by atoms with E-state index in [1.807, 2.05) is 36.4 Å². The van der Waals surface area contributed by atoms with Gasteiger partial charge >= 0.3 is 5.97 Å². The van der Waals surface area contributed by atoms with Crippen molar-refractivity contribution in [3.63, 3.8) is 0 Å². The molecule has 2 aromatic carbocycles. The molecule has 3 aromatic rings. The van der Waals surface area contributed by atoms with Crippen molar-refractivity contribution in [3.05, 3.63) is 72.1 Å². The van der Waals surface area contributed by atoms with Crippen LogP contribution in [-0.4, -0.2) is 40.4 Å². The van der Waals surface area contributed by atoms with E-state index in [0.29, 0.717) is 17.0 Å². The van der Waals surface area contributed by atoms with Gasteiger partial charge in [-0.1, -0.05) is 30.4 Å². The lowest BCUT2D eigenvalue weighted by atomic mass is 10.0. The molecule has 1 aromatic heterocycles. The second-order valence-electron chi connectivity index (χ2n) is 7.31. The molecule has 4 rings (SSSR count). The maximum atomic E-state index is 12.8. The molecule has 0 radical (unpaired) electrons. The maximum absolute atomic E-state index is 12.8. The van der Waals surface area contributed by atoms with E-state index < -0.39 is 24.0 Å². The summed E-state index contributed by atoms with van der Waals surface area (Å²) in [5.41, 5.74) is 1.74. The van der Waals surface area contributed by atoms with E-state index in [0.717, 1.165) is 5.69 Å². The van der Waals surface area contributed by atoms with E-state index in [1.165, 1.54) is 0 Å². The molecule has 1 aliphatic heterocycles. The zero-order valence-electron chi connectivity index (χ0n) is 18.5. The molecule has 0 saturated carbocycles. The summed E-state index contributed by atoms with van der Waals surface area (Å²) in [4.78, 5) is 27.4. The summed E-state index contributed by atoms with van der Waals surface area (Å²) in [6.07, 6.45) is 0.758. The normalized spacial score (nSPS) is 17.6. The third-order valence-electron chi connectivity index (χ3n) is 5.29. The summed E-state index contributed by atoms with van der Waals surface area (Å²) in [5.74, 6) is -1.72. The van der Waals surface area contributed by atoms with Crippen LogP contribution in [0.15, 0.2) is 60.8 Å². The van der Waals surface area contributed by atoms with Crippen molar-refractivity contribution in [1.82, 2.24) is 15.1 Å². The molecule has 0 bridgehead atoms. The Bertz CT molecular complexity index is 1270. The number of esters is 1. The molecule has 172 valence electrons. The summed E-state index contributed by atoms with van der Waals surface area (Å²) in [6.45, 7) is 1.86. The van der Waals surface area contributed by atoms with Gasteiger partial charge in [-0.15, -0.1) is 0 Å². The Morgan fingerprint density at radius 2 is 1.88 bits per heavy atom. The fraction of sp³-hybridized carbons (Fsp3) is 0.208. The molecule has 10 heteroatoms. The molecule has 2 unspecified atom stereocenters. The van der Waals surface area contributed by atoms with Gasteiger partial charge in [0.05, 0.1) is 25.5 Å². The van der Waals surface area contributed by atoms with E-state index in [4.69, 9.17) is 21.7 Å². The predicted molar refractivity (Wildman–Crippen MR) is 128 cm³/mol. The Hall–Kier alpha value is -4.23. The summed E-state index contributed by atoms with van der Waals surface area (Å²) in [5, 5.41) is 16.8. The molecule has 0 aliphatic carbocycles. The molecule has 2 heterocycles. The summed E-state index contributed by atoms with van der Waals surface area (Å²) < 4.78 is 12.0. The topological polar surface area (TPSA) is 109 Å². The Morgan fingerprint density at radius 3 is 2.50 bits per heavy atom. The average molecular weight is 476 g/mol. The maximum Gasteiger partial charge on any atom is 0.359 e. The van der Waals surface area contributed by atoms with Crippen LogP contribution in [0.5, 0.6) is 5.75 Å². The van der Waals surface area contributed by atoms with Crippen LogP contribution in [0.25, 0.3) is 5.69 Å². The minimum atomic E-state index is -1.16. The van der Waals surface area contributed by atoms with Crippen molar-refractivity contribution in [2.75, 3.05) is 18.6 Å². The van der Waals surface area contributed by atoms with Crippen LogP contribution in [0, 0.1) is 17.2 Å². The Balaban J connectivity index is 1.87. The smallest absolute Gasteiger partial charge is 0.359 e. The molecule has 9 nitrogen and oxygen atoms in total. The van der Waals surface area contributed by atoms with E-state index in [2.05, 4.69) is 10.4 Å². The highest BCUT2D eigenvalue weighted by atomic mass is 32.1. The zero-order chi connectivity index (χ0) is 24.2. The number of hydrogen-bond donors (Lipinski definition) is 1. The SMILES string of the molecule is CCOC(=O)c1nn(-c2ccccc2)cc1C1NC(=O)C(C#N)C(=S)N1c1ccc(OC)cc1. The lowest BCUT2D eigenvalue weighted by Gasteiger charge is -2.39. The molecular formula is C24H21N5O4S. The number of nitrogens with one attached hydrogen (secondary N) is 1. The Morgan fingerprint density at radius 1 is 1.18 bits per heavy atom. The largest absolute Gasteiger partial charge is 0.497 e.